The maximum Gasteiger partial charge on any atom is 0.185 e. The van der Waals surface area contributed by atoms with Gasteiger partial charge in [0.2, 0.25) is 0 Å². The Morgan fingerprint density at radius 3 is 0.964 bits per heavy atom. The van der Waals surface area contributed by atoms with Crippen molar-refractivity contribution in [2.24, 2.45) is 0 Å². The predicted molar refractivity (Wildman–Crippen MR) is 213 cm³/mol. The zero-order valence-corrected chi connectivity index (χ0v) is 30.0. The molecule has 1 aliphatic rings. The van der Waals surface area contributed by atoms with E-state index in [-0.39, 0.29) is 0 Å². The van der Waals surface area contributed by atoms with Crippen LogP contribution in [0.15, 0.2) is 206 Å². The fraction of sp³-hybridized carbons (Fsp3) is 0.120. The van der Waals surface area contributed by atoms with Crippen molar-refractivity contribution in [2.45, 2.75) is 35.3 Å². The maximum absolute atomic E-state index is 13.2. The minimum Gasteiger partial charge on any atom is -0.378 e. The third-order valence-electron chi connectivity index (χ3n) is 10.4. The van der Waals surface area contributed by atoms with Gasteiger partial charge in [-0.25, -0.2) is 0 Å². The van der Waals surface area contributed by atoms with Gasteiger partial charge in [0.05, 0.1) is 0 Å². The standard InChI is InChI=1S/C50H40O5/c51-48(39-19-7-1-8-20-39,40-21-9-2-10-22-40)36-35-37-31-33-38(34-32-37)47-54-45(49(52,41-23-11-3-12-24-41)42-25-13-4-14-26-42)46(55-47)50(53,43-27-15-5-16-28-43)44-29-17-6-18-30-44/h1-34,45-47,51-53H/t45-,46-/m1/s1. The van der Waals surface area contributed by atoms with Crippen LogP contribution in [0, 0.1) is 11.8 Å². The molecule has 270 valence electrons. The van der Waals surface area contributed by atoms with Crippen molar-refractivity contribution in [2.75, 3.05) is 0 Å². The van der Waals surface area contributed by atoms with Crippen molar-refractivity contribution in [3.8, 4) is 11.8 Å². The Bertz CT molecular complexity index is 2140. The number of ether oxygens (including phenoxy) is 2. The van der Waals surface area contributed by atoms with Crippen LogP contribution in [0.1, 0.15) is 50.8 Å². The number of hydrogen-bond acceptors (Lipinski definition) is 5. The van der Waals surface area contributed by atoms with Gasteiger partial charge in [0.1, 0.15) is 23.4 Å². The molecule has 2 atom stereocenters. The van der Waals surface area contributed by atoms with Crippen molar-refractivity contribution < 1.29 is 24.8 Å². The van der Waals surface area contributed by atoms with E-state index in [4.69, 9.17) is 9.47 Å². The highest BCUT2D eigenvalue weighted by atomic mass is 16.7. The lowest BCUT2D eigenvalue weighted by Gasteiger charge is -2.42. The van der Waals surface area contributed by atoms with Crippen molar-refractivity contribution in [3.05, 3.63) is 251 Å². The summed E-state index contributed by atoms with van der Waals surface area (Å²) in [5.41, 5.74) is 0.0524. The summed E-state index contributed by atoms with van der Waals surface area (Å²) in [6.07, 6.45) is -3.17. The molecule has 0 aliphatic carbocycles. The summed E-state index contributed by atoms with van der Waals surface area (Å²) in [4.78, 5) is 0. The predicted octanol–water partition coefficient (Wildman–Crippen LogP) is 8.63. The Kier molecular flexibility index (Phi) is 10.0. The fourth-order valence-electron chi connectivity index (χ4n) is 7.55. The third kappa shape index (κ3) is 6.79. The zero-order valence-electron chi connectivity index (χ0n) is 30.0. The van der Waals surface area contributed by atoms with Crippen molar-refractivity contribution in [1.82, 2.24) is 0 Å². The number of benzene rings is 7. The number of aliphatic hydroxyl groups is 3. The lowest BCUT2D eigenvalue weighted by atomic mass is 9.72. The minimum absolute atomic E-state index is 0.596. The molecule has 0 radical (unpaired) electrons. The summed E-state index contributed by atoms with van der Waals surface area (Å²) in [5.74, 6) is 6.33. The second kappa shape index (κ2) is 15.3. The van der Waals surface area contributed by atoms with E-state index in [0.717, 1.165) is 0 Å². The summed E-state index contributed by atoms with van der Waals surface area (Å²) in [6, 6.07) is 63.8. The monoisotopic (exact) mass is 720 g/mol. The summed E-state index contributed by atoms with van der Waals surface area (Å²) >= 11 is 0. The Morgan fingerprint density at radius 2 is 0.655 bits per heavy atom. The van der Waals surface area contributed by atoms with Gasteiger partial charge in [-0.1, -0.05) is 206 Å². The normalized spacial score (nSPS) is 16.3. The average Bonchev–Trinajstić information content (AvgIpc) is 3.74. The van der Waals surface area contributed by atoms with Gasteiger partial charge in [-0.05, 0) is 34.4 Å². The van der Waals surface area contributed by atoms with Crippen LogP contribution in [0.4, 0.5) is 0 Å². The largest absolute Gasteiger partial charge is 0.378 e. The molecule has 1 fully saturated rings. The van der Waals surface area contributed by atoms with Gasteiger partial charge in [0.25, 0.3) is 0 Å². The average molecular weight is 721 g/mol. The lowest BCUT2D eigenvalue weighted by Crippen LogP contribution is -2.54. The van der Waals surface area contributed by atoms with Gasteiger partial charge in [-0.3, -0.25) is 0 Å². The third-order valence-corrected chi connectivity index (χ3v) is 10.4. The molecule has 1 saturated heterocycles. The van der Waals surface area contributed by atoms with E-state index in [2.05, 4.69) is 11.8 Å². The Hall–Kier alpha value is -6.10. The van der Waals surface area contributed by atoms with Crippen LogP contribution in [0.5, 0.6) is 0 Å². The first kappa shape index (κ1) is 35.9. The van der Waals surface area contributed by atoms with Gasteiger partial charge in [0, 0.05) is 22.3 Å². The molecule has 8 rings (SSSR count). The highest BCUT2D eigenvalue weighted by Gasteiger charge is 2.59. The maximum atomic E-state index is 13.2. The number of rotatable bonds is 9. The molecule has 0 amide bonds. The lowest BCUT2D eigenvalue weighted by molar-refractivity contribution is -0.110. The Balaban J connectivity index is 1.22. The highest BCUT2D eigenvalue weighted by Crippen LogP contribution is 2.51. The Labute approximate surface area is 321 Å². The van der Waals surface area contributed by atoms with E-state index in [0.29, 0.717) is 44.5 Å². The zero-order chi connectivity index (χ0) is 37.7. The van der Waals surface area contributed by atoms with E-state index in [9.17, 15) is 15.3 Å². The number of hydrogen-bond donors (Lipinski definition) is 3. The van der Waals surface area contributed by atoms with Crippen LogP contribution >= 0.6 is 0 Å². The van der Waals surface area contributed by atoms with Gasteiger partial charge in [0.15, 0.2) is 11.9 Å². The molecule has 0 bridgehead atoms. The van der Waals surface area contributed by atoms with E-state index >= 15 is 0 Å². The smallest absolute Gasteiger partial charge is 0.185 e. The van der Waals surface area contributed by atoms with E-state index < -0.39 is 35.3 Å². The van der Waals surface area contributed by atoms with Gasteiger partial charge >= 0.3 is 0 Å². The van der Waals surface area contributed by atoms with Crippen LogP contribution in [0.2, 0.25) is 0 Å². The summed E-state index contributed by atoms with van der Waals surface area (Å²) in [6.45, 7) is 0. The molecule has 0 unspecified atom stereocenters. The van der Waals surface area contributed by atoms with Crippen LogP contribution in [0.25, 0.3) is 0 Å². The van der Waals surface area contributed by atoms with Crippen LogP contribution in [0.3, 0.4) is 0 Å². The molecule has 0 aromatic heterocycles. The summed E-state index contributed by atoms with van der Waals surface area (Å²) < 4.78 is 13.8. The van der Waals surface area contributed by atoms with Crippen LogP contribution in [-0.2, 0) is 26.3 Å². The molecule has 5 nitrogen and oxygen atoms in total. The Morgan fingerprint density at radius 1 is 0.364 bits per heavy atom. The quantitative estimate of drug-likeness (QED) is 0.130. The molecule has 1 aliphatic heterocycles. The van der Waals surface area contributed by atoms with Crippen molar-refractivity contribution in [1.29, 1.82) is 0 Å². The topological polar surface area (TPSA) is 79.2 Å². The summed E-state index contributed by atoms with van der Waals surface area (Å²) in [5, 5.41) is 38.3. The summed E-state index contributed by atoms with van der Waals surface area (Å²) in [7, 11) is 0. The van der Waals surface area contributed by atoms with Gasteiger partial charge in [-0.15, -0.1) is 0 Å². The molecule has 7 aromatic rings. The first-order chi connectivity index (χ1) is 26.9. The SMILES string of the molecule is OC(C#Cc1ccc(C2O[C@@H](C(O)(c3ccccc3)c3ccccc3)[C@H](C(O)(c3ccccc3)c3ccccc3)O2)cc1)(c1ccccc1)c1ccccc1. The van der Waals surface area contributed by atoms with Crippen molar-refractivity contribution in [3.63, 3.8) is 0 Å². The fourth-order valence-corrected chi connectivity index (χ4v) is 7.55. The second-order valence-corrected chi connectivity index (χ2v) is 13.8. The van der Waals surface area contributed by atoms with Crippen LogP contribution in [-0.4, -0.2) is 27.5 Å². The molecular weight excluding hydrogens is 681 g/mol. The highest BCUT2D eigenvalue weighted by molar-refractivity contribution is 5.49. The molecule has 0 spiro atoms. The van der Waals surface area contributed by atoms with Gasteiger partial charge < -0.3 is 24.8 Å². The van der Waals surface area contributed by atoms with Crippen molar-refractivity contribution >= 4 is 0 Å². The molecule has 55 heavy (non-hydrogen) atoms. The first-order valence-electron chi connectivity index (χ1n) is 18.3. The molecule has 5 heteroatoms. The van der Waals surface area contributed by atoms with E-state index in [1.54, 1.807) is 0 Å². The van der Waals surface area contributed by atoms with Gasteiger partial charge in [-0.2, -0.15) is 0 Å². The molecular formula is C50H40O5. The molecule has 7 aromatic carbocycles. The van der Waals surface area contributed by atoms with E-state index in [1.807, 2.05) is 206 Å². The second-order valence-electron chi connectivity index (χ2n) is 13.8. The minimum atomic E-state index is -1.75. The van der Waals surface area contributed by atoms with Crippen LogP contribution < -0.4 is 0 Å². The molecule has 3 N–H and O–H groups in total. The van der Waals surface area contributed by atoms with E-state index in [1.165, 1.54) is 0 Å². The molecule has 0 saturated carbocycles. The molecule has 1 heterocycles. The first-order valence-corrected chi connectivity index (χ1v) is 18.3.